The number of rotatable bonds is 56. The topological polar surface area (TPSA) is 78.9 Å². The number of ether oxygens (including phenoxy) is 3. The van der Waals surface area contributed by atoms with Gasteiger partial charge in [0, 0.05) is 19.3 Å². The molecular formula is C63H116O6. The summed E-state index contributed by atoms with van der Waals surface area (Å²) in [4.78, 5) is 38.2. The highest BCUT2D eigenvalue weighted by molar-refractivity contribution is 5.71. The first-order valence-corrected chi connectivity index (χ1v) is 30.5. The summed E-state index contributed by atoms with van der Waals surface area (Å²) in [5.41, 5.74) is 0. The molecule has 0 aliphatic rings. The third-order valence-electron chi connectivity index (χ3n) is 13.6. The molecule has 0 spiro atoms. The summed E-state index contributed by atoms with van der Waals surface area (Å²) in [5.74, 6) is -0.868. The van der Waals surface area contributed by atoms with E-state index >= 15 is 0 Å². The zero-order valence-electron chi connectivity index (χ0n) is 46.3. The molecule has 0 N–H and O–H groups in total. The zero-order chi connectivity index (χ0) is 50.0. The Balaban J connectivity index is 4.24. The Morgan fingerprint density at radius 3 is 0.884 bits per heavy atom. The second-order valence-corrected chi connectivity index (χ2v) is 20.6. The van der Waals surface area contributed by atoms with Crippen LogP contribution in [-0.4, -0.2) is 37.2 Å². The fourth-order valence-corrected chi connectivity index (χ4v) is 8.99. The monoisotopic (exact) mass is 969 g/mol. The lowest BCUT2D eigenvalue weighted by Crippen LogP contribution is -2.30. The second kappa shape index (κ2) is 58.2. The van der Waals surface area contributed by atoms with Crippen LogP contribution in [-0.2, 0) is 28.6 Å². The molecule has 0 aromatic rings. The third kappa shape index (κ3) is 56.4. The van der Waals surface area contributed by atoms with Crippen molar-refractivity contribution in [3.8, 4) is 0 Å². The maximum atomic E-state index is 12.8. The minimum absolute atomic E-state index is 0.0730. The summed E-state index contributed by atoms with van der Waals surface area (Å²) in [6, 6.07) is 0. The van der Waals surface area contributed by atoms with Gasteiger partial charge in [-0.25, -0.2) is 0 Å². The van der Waals surface area contributed by atoms with Crippen molar-refractivity contribution in [2.45, 2.75) is 335 Å². The van der Waals surface area contributed by atoms with E-state index in [1.807, 2.05) is 0 Å². The lowest BCUT2D eigenvalue weighted by Gasteiger charge is -2.18. The molecule has 0 heterocycles. The van der Waals surface area contributed by atoms with Crippen molar-refractivity contribution in [3.05, 3.63) is 36.5 Å². The summed E-state index contributed by atoms with van der Waals surface area (Å²) >= 11 is 0. The highest BCUT2D eigenvalue weighted by atomic mass is 16.6. The van der Waals surface area contributed by atoms with E-state index in [9.17, 15) is 14.4 Å². The molecule has 0 aliphatic heterocycles. The van der Waals surface area contributed by atoms with Crippen molar-refractivity contribution in [1.29, 1.82) is 0 Å². The smallest absolute Gasteiger partial charge is 0.306 e. The Labute approximate surface area is 429 Å². The third-order valence-corrected chi connectivity index (χ3v) is 13.6. The Morgan fingerprint density at radius 2 is 0.536 bits per heavy atom. The average molecular weight is 970 g/mol. The van der Waals surface area contributed by atoms with Crippen LogP contribution in [0, 0.1) is 0 Å². The van der Waals surface area contributed by atoms with E-state index in [4.69, 9.17) is 14.2 Å². The molecule has 6 nitrogen and oxygen atoms in total. The largest absolute Gasteiger partial charge is 0.462 e. The number of carbonyl (C=O) groups is 3. The molecule has 0 saturated heterocycles. The van der Waals surface area contributed by atoms with Crippen molar-refractivity contribution in [2.75, 3.05) is 13.2 Å². The van der Waals surface area contributed by atoms with Crippen LogP contribution in [0.15, 0.2) is 36.5 Å². The van der Waals surface area contributed by atoms with Gasteiger partial charge in [-0.2, -0.15) is 0 Å². The first kappa shape index (κ1) is 66.6. The van der Waals surface area contributed by atoms with Gasteiger partial charge in [-0.1, -0.05) is 276 Å². The van der Waals surface area contributed by atoms with Crippen LogP contribution in [0.4, 0.5) is 0 Å². The maximum Gasteiger partial charge on any atom is 0.306 e. The van der Waals surface area contributed by atoms with Gasteiger partial charge >= 0.3 is 17.9 Å². The van der Waals surface area contributed by atoms with Crippen molar-refractivity contribution in [3.63, 3.8) is 0 Å². The lowest BCUT2D eigenvalue weighted by atomic mass is 10.0. The number of allylic oxidation sites excluding steroid dienone is 6. The van der Waals surface area contributed by atoms with Gasteiger partial charge in [-0.15, -0.1) is 0 Å². The molecule has 0 saturated carbocycles. The molecule has 404 valence electrons. The lowest BCUT2D eigenvalue weighted by molar-refractivity contribution is -0.167. The summed E-state index contributed by atoms with van der Waals surface area (Å²) < 4.78 is 16.9. The molecule has 1 atom stereocenters. The van der Waals surface area contributed by atoms with Gasteiger partial charge < -0.3 is 14.2 Å². The summed E-state index contributed by atoms with van der Waals surface area (Å²) in [6.07, 6.45) is 70.0. The molecular weight excluding hydrogens is 853 g/mol. The van der Waals surface area contributed by atoms with Crippen LogP contribution in [0.5, 0.6) is 0 Å². The van der Waals surface area contributed by atoms with Crippen LogP contribution in [0.25, 0.3) is 0 Å². The minimum atomic E-state index is -0.775. The molecule has 0 aromatic heterocycles. The van der Waals surface area contributed by atoms with Crippen molar-refractivity contribution < 1.29 is 28.6 Å². The molecule has 0 fully saturated rings. The first-order valence-electron chi connectivity index (χ1n) is 30.5. The molecule has 6 heteroatoms. The number of hydrogen-bond acceptors (Lipinski definition) is 6. The van der Waals surface area contributed by atoms with E-state index < -0.39 is 6.10 Å². The Morgan fingerprint density at radius 1 is 0.290 bits per heavy atom. The Hall–Kier alpha value is -2.37. The van der Waals surface area contributed by atoms with E-state index in [1.165, 1.54) is 212 Å². The minimum Gasteiger partial charge on any atom is -0.462 e. The molecule has 0 rings (SSSR count). The molecule has 0 aliphatic carbocycles. The van der Waals surface area contributed by atoms with Crippen molar-refractivity contribution in [2.24, 2.45) is 0 Å². The van der Waals surface area contributed by atoms with Crippen LogP contribution < -0.4 is 0 Å². The van der Waals surface area contributed by atoms with Crippen molar-refractivity contribution in [1.82, 2.24) is 0 Å². The molecule has 0 aromatic carbocycles. The Kier molecular flexibility index (Phi) is 56.2. The van der Waals surface area contributed by atoms with Gasteiger partial charge in [-0.05, 0) is 70.6 Å². The summed E-state index contributed by atoms with van der Waals surface area (Å²) in [5, 5.41) is 0. The Bertz CT molecular complexity index is 1160. The number of carbonyl (C=O) groups excluding carboxylic acids is 3. The predicted octanol–water partition coefficient (Wildman–Crippen LogP) is 20.4. The van der Waals surface area contributed by atoms with Crippen LogP contribution >= 0.6 is 0 Å². The summed E-state index contributed by atoms with van der Waals surface area (Å²) in [7, 11) is 0. The predicted molar refractivity (Wildman–Crippen MR) is 298 cm³/mol. The highest BCUT2D eigenvalue weighted by Gasteiger charge is 2.19. The summed E-state index contributed by atoms with van der Waals surface area (Å²) in [6.45, 7) is 6.62. The van der Waals surface area contributed by atoms with Gasteiger partial charge in [0.2, 0.25) is 0 Å². The fraction of sp³-hybridized carbons (Fsp3) is 0.857. The van der Waals surface area contributed by atoms with E-state index in [-0.39, 0.29) is 31.1 Å². The first-order chi connectivity index (χ1) is 34.0. The quantitative estimate of drug-likeness (QED) is 0.0261. The molecule has 69 heavy (non-hydrogen) atoms. The van der Waals surface area contributed by atoms with Gasteiger partial charge in [-0.3, -0.25) is 14.4 Å². The number of hydrogen-bond donors (Lipinski definition) is 0. The van der Waals surface area contributed by atoms with E-state index in [1.54, 1.807) is 0 Å². The van der Waals surface area contributed by atoms with E-state index in [0.717, 1.165) is 77.0 Å². The molecule has 0 amide bonds. The van der Waals surface area contributed by atoms with Gasteiger partial charge in [0.15, 0.2) is 6.10 Å². The SMILES string of the molecule is CCCC/C=C\CCCCCCCC(=O)O[C@H](COC(=O)CCCCCCCCCCC/C=C\C/C=C\CCCCC)COC(=O)CCCCCCCCCCCCCCCCCCCCCCC. The standard InChI is InChI=1S/C63H116O6/c1-4-7-10-13-16-19-22-24-26-28-30-31-33-35-37-39-42-44-47-50-53-56-62(65)68-59-60(69-63(66)57-54-51-48-45-40-21-18-15-12-9-6-3)58-67-61(64)55-52-49-46-43-41-38-36-34-32-29-27-25-23-20-17-14-11-8-5-2/h15,17-18,20,25,27,60H,4-14,16,19,21-24,26,28-59H2,1-3H3/b18-15-,20-17-,27-25-/t60-/m1/s1. The van der Waals surface area contributed by atoms with E-state index in [2.05, 4.69) is 57.2 Å². The molecule has 0 radical (unpaired) electrons. The van der Waals surface area contributed by atoms with Gasteiger partial charge in [0.1, 0.15) is 13.2 Å². The highest BCUT2D eigenvalue weighted by Crippen LogP contribution is 2.17. The average Bonchev–Trinajstić information content (AvgIpc) is 3.35. The second-order valence-electron chi connectivity index (χ2n) is 20.6. The van der Waals surface area contributed by atoms with Crippen LogP contribution in [0.3, 0.4) is 0 Å². The fourth-order valence-electron chi connectivity index (χ4n) is 8.99. The molecule has 0 bridgehead atoms. The van der Waals surface area contributed by atoms with E-state index in [0.29, 0.717) is 19.3 Å². The van der Waals surface area contributed by atoms with Crippen LogP contribution in [0.1, 0.15) is 329 Å². The number of unbranched alkanes of at least 4 members (excludes halogenated alkanes) is 39. The van der Waals surface area contributed by atoms with Gasteiger partial charge in [0.25, 0.3) is 0 Å². The molecule has 0 unspecified atom stereocenters. The van der Waals surface area contributed by atoms with Crippen molar-refractivity contribution >= 4 is 17.9 Å². The van der Waals surface area contributed by atoms with Gasteiger partial charge in [0.05, 0.1) is 0 Å². The van der Waals surface area contributed by atoms with Crippen LogP contribution in [0.2, 0.25) is 0 Å². The normalized spacial score (nSPS) is 12.2. The maximum absolute atomic E-state index is 12.8. The zero-order valence-corrected chi connectivity index (χ0v) is 46.3. The number of esters is 3.